The molecule has 27 heavy (non-hydrogen) atoms. The summed E-state index contributed by atoms with van der Waals surface area (Å²) in [6.45, 7) is 0. The zero-order valence-electron chi connectivity index (χ0n) is 14.1. The molecule has 0 bridgehead atoms. The Labute approximate surface area is 162 Å². The van der Waals surface area contributed by atoms with Crippen LogP contribution in [0.2, 0.25) is 0 Å². The van der Waals surface area contributed by atoms with Crippen molar-refractivity contribution in [2.45, 2.75) is 0 Å². The van der Waals surface area contributed by atoms with Crippen LogP contribution in [0.3, 0.4) is 0 Å². The maximum atomic E-state index is 5.89. The molecule has 0 aliphatic heterocycles. The Bertz CT molecular complexity index is 1320. The number of hydrogen-bond donors (Lipinski definition) is 4. The van der Waals surface area contributed by atoms with Gasteiger partial charge in [-0.2, -0.15) is 0 Å². The molecule has 0 radical (unpaired) electrons. The maximum absolute atomic E-state index is 5.89. The van der Waals surface area contributed by atoms with E-state index in [-0.39, 0.29) is 0 Å². The van der Waals surface area contributed by atoms with E-state index in [1.54, 1.807) is 0 Å². The number of rotatable bonds is 2. The van der Waals surface area contributed by atoms with Crippen LogP contribution in [-0.4, -0.2) is 19.9 Å². The predicted octanol–water partition coefficient (Wildman–Crippen LogP) is 4.70. The number of halogens is 1. The standard InChI is InChI=1S/C20H15BrN6/c21-10-1-4-13(19-24-15-5-2-11(22)8-17(15)26-19)14(7-10)20-25-16-6-3-12(23)9-18(16)27-20/h1-9H,22-23H2,(H,24,26)(H,25,27). The molecule has 7 heteroatoms. The third-order valence-corrected chi connectivity index (χ3v) is 5.00. The van der Waals surface area contributed by atoms with Gasteiger partial charge in [-0.15, -0.1) is 0 Å². The van der Waals surface area contributed by atoms with Gasteiger partial charge in [0.05, 0.1) is 22.1 Å². The SMILES string of the molecule is Nc1ccc2nc(-c3ccc(Br)cc3-c3nc4ccc(N)cc4[nH]3)[nH]c2c1. The van der Waals surface area contributed by atoms with Gasteiger partial charge in [-0.25, -0.2) is 9.97 Å². The van der Waals surface area contributed by atoms with Gasteiger partial charge in [-0.3, -0.25) is 0 Å². The number of nitrogen functional groups attached to an aromatic ring is 2. The summed E-state index contributed by atoms with van der Waals surface area (Å²) < 4.78 is 0.960. The van der Waals surface area contributed by atoms with Crippen LogP contribution < -0.4 is 11.5 Å². The molecule has 132 valence electrons. The number of anilines is 2. The van der Waals surface area contributed by atoms with Gasteiger partial charge in [0.25, 0.3) is 0 Å². The largest absolute Gasteiger partial charge is 0.399 e. The third kappa shape index (κ3) is 2.72. The Kier molecular flexibility index (Phi) is 3.45. The lowest BCUT2D eigenvalue weighted by Gasteiger charge is -2.06. The first kappa shape index (κ1) is 15.9. The molecular formula is C20H15BrN6. The van der Waals surface area contributed by atoms with E-state index in [2.05, 4.69) is 25.9 Å². The Morgan fingerprint density at radius 1 is 0.667 bits per heavy atom. The Morgan fingerprint density at radius 3 is 1.81 bits per heavy atom. The lowest BCUT2D eigenvalue weighted by atomic mass is 10.1. The highest BCUT2D eigenvalue weighted by atomic mass is 79.9. The molecule has 0 saturated heterocycles. The molecule has 0 unspecified atom stereocenters. The molecule has 0 atom stereocenters. The van der Waals surface area contributed by atoms with Crippen LogP contribution >= 0.6 is 15.9 Å². The number of hydrogen-bond acceptors (Lipinski definition) is 4. The highest BCUT2D eigenvalue weighted by Gasteiger charge is 2.15. The van der Waals surface area contributed by atoms with Crippen molar-refractivity contribution in [2.24, 2.45) is 0 Å². The maximum Gasteiger partial charge on any atom is 0.139 e. The van der Waals surface area contributed by atoms with E-state index in [0.29, 0.717) is 11.4 Å². The number of imidazole rings is 2. The van der Waals surface area contributed by atoms with Gasteiger partial charge in [0.1, 0.15) is 11.6 Å². The van der Waals surface area contributed by atoms with E-state index < -0.39 is 0 Å². The molecule has 2 aromatic heterocycles. The van der Waals surface area contributed by atoms with Crippen LogP contribution in [-0.2, 0) is 0 Å². The number of nitrogens with zero attached hydrogens (tertiary/aromatic N) is 2. The third-order valence-electron chi connectivity index (χ3n) is 4.50. The van der Waals surface area contributed by atoms with Crippen molar-refractivity contribution >= 4 is 49.4 Å². The van der Waals surface area contributed by atoms with Gasteiger partial charge in [0, 0.05) is 27.0 Å². The van der Waals surface area contributed by atoms with Crippen molar-refractivity contribution in [3.63, 3.8) is 0 Å². The first-order valence-corrected chi connectivity index (χ1v) is 9.17. The molecule has 5 rings (SSSR count). The zero-order chi connectivity index (χ0) is 18.5. The lowest BCUT2D eigenvalue weighted by Crippen LogP contribution is -1.89. The van der Waals surface area contributed by atoms with Crippen LogP contribution in [0.25, 0.3) is 44.8 Å². The number of nitrogens with two attached hydrogens (primary N) is 2. The fourth-order valence-electron chi connectivity index (χ4n) is 3.23. The highest BCUT2D eigenvalue weighted by Crippen LogP contribution is 2.34. The van der Waals surface area contributed by atoms with Gasteiger partial charge in [0.2, 0.25) is 0 Å². The highest BCUT2D eigenvalue weighted by molar-refractivity contribution is 9.10. The van der Waals surface area contributed by atoms with Gasteiger partial charge >= 0.3 is 0 Å². The summed E-state index contributed by atoms with van der Waals surface area (Å²) in [6.07, 6.45) is 0. The van der Waals surface area contributed by atoms with E-state index in [1.165, 1.54) is 0 Å². The average molecular weight is 419 g/mol. The Balaban J connectivity index is 1.72. The molecule has 2 heterocycles. The monoisotopic (exact) mass is 418 g/mol. The van der Waals surface area contributed by atoms with Crippen LogP contribution in [0.1, 0.15) is 0 Å². The van der Waals surface area contributed by atoms with Gasteiger partial charge < -0.3 is 21.4 Å². The molecule has 3 aromatic carbocycles. The Morgan fingerprint density at radius 2 is 1.22 bits per heavy atom. The van der Waals surface area contributed by atoms with Crippen molar-refractivity contribution < 1.29 is 0 Å². The quantitative estimate of drug-likeness (QED) is 0.311. The molecule has 0 aliphatic rings. The minimum atomic E-state index is 0.696. The molecule has 0 aliphatic carbocycles. The summed E-state index contributed by atoms with van der Waals surface area (Å²) in [5.41, 5.74) is 18.6. The summed E-state index contributed by atoms with van der Waals surface area (Å²) in [5, 5.41) is 0. The summed E-state index contributed by atoms with van der Waals surface area (Å²) in [5.74, 6) is 1.52. The van der Waals surface area contributed by atoms with Crippen LogP contribution in [0.4, 0.5) is 11.4 Å². The smallest absolute Gasteiger partial charge is 0.139 e. The number of aromatic amines is 2. The second-order valence-electron chi connectivity index (χ2n) is 6.41. The lowest BCUT2D eigenvalue weighted by molar-refractivity contribution is 1.30. The first-order valence-electron chi connectivity index (χ1n) is 8.37. The van der Waals surface area contributed by atoms with E-state index >= 15 is 0 Å². The van der Waals surface area contributed by atoms with Crippen molar-refractivity contribution in [1.29, 1.82) is 0 Å². The normalized spacial score (nSPS) is 11.4. The predicted molar refractivity (Wildman–Crippen MR) is 113 cm³/mol. The Hall–Kier alpha value is -3.32. The summed E-state index contributed by atoms with van der Waals surface area (Å²) in [7, 11) is 0. The minimum Gasteiger partial charge on any atom is -0.399 e. The van der Waals surface area contributed by atoms with Crippen molar-refractivity contribution in [3.05, 3.63) is 59.1 Å². The second-order valence-corrected chi connectivity index (χ2v) is 7.33. The van der Waals surface area contributed by atoms with E-state index in [1.807, 2.05) is 54.6 Å². The van der Waals surface area contributed by atoms with Gasteiger partial charge in [-0.05, 0) is 54.6 Å². The van der Waals surface area contributed by atoms with Crippen LogP contribution in [0.5, 0.6) is 0 Å². The molecule has 6 N–H and O–H groups in total. The topological polar surface area (TPSA) is 109 Å². The molecule has 0 spiro atoms. The summed E-state index contributed by atoms with van der Waals surface area (Å²) >= 11 is 3.56. The molecule has 6 nitrogen and oxygen atoms in total. The van der Waals surface area contributed by atoms with E-state index in [0.717, 1.165) is 49.3 Å². The molecule has 0 saturated carbocycles. The molecule has 5 aromatic rings. The minimum absolute atomic E-state index is 0.696. The van der Waals surface area contributed by atoms with Crippen molar-refractivity contribution in [1.82, 2.24) is 19.9 Å². The van der Waals surface area contributed by atoms with E-state index in [4.69, 9.17) is 21.4 Å². The van der Waals surface area contributed by atoms with Crippen molar-refractivity contribution in [2.75, 3.05) is 11.5 Å². The second kappa shape index (κ2) is 5.85. The fraction of sp³-hybridized carbons (Fsp3) is 0. The number of benzene rings is 3. The van der Waals surface area contributed by atoms with Gasteiger partial charge in [-0.1, -0.05) is 15.9 Å². The molecule has 0 amide bonds. The first-order chi connectivity index (χ1) is 13.1. The molecular weight excluding hydrogens is 404 g/mol. The number of H-pyrrole nitrogens is 2. The van der Waals surface area contributed by atoms with E-state index in [9.17, 15) is 0 Å². The number of aromatic nitrogens is 4. The number of fused-ring (bicyclic) bond motifs is 2. The zero-order valence-corrected chi connectivity index (χ0v) is 15.7. The summed E-state index contributed by atoms with van der Waals surface area (Å²) in [6, 6.07) is 17.3. The van der Waals surface area contributed by atoms with Crippen molar-refractivity contribution in [3.8, 4) is 22.8 Å². The van der Waals surface area contributed by atoms with Gasteiger partial charge in [0.15, 0.2) is 0 Å². The summed E-state index contributed by atoms with van der Waals surface area (Å²) in [4.78, 5) is 16.2. The fourth-order valence-corrected chi connectivity index (χ4v) is 3.59. The van der Waals surface area contributed by atoms with Crippen LogP contribution in [0.15, 0.2) is 59.1 Å². The van der Waals surface area contributed by atoms with Crippen LogP contribution in [0, 0.1) is 0 Å². The average Bonchev–Trinajstić information content (AvgIpc) is 3.24. The molecule has 0 fully saturated rings. The number of nitrogens with one attached hydrogen (secondary N) is 2.